The highest BCUT2D eigenvalue weighted by Gasteiger charge is 2.30. The lowest BCUT2D eigenvalue weighted by molar-refractivity contribution is 0.420. The Morgan fingerprint density at radius 2 is 0.328 bits per heavy atom. The van der Waals surface area contributed by atoms with Crippen molar-refractivity contribution < 1.29 is 37.9 Å². The van der Waals surface area contributed by atoms with E-state index in [-0.39, 0.29) is 23.3 Å². The van der Waals surface area contributed by atoms with Crippen LogP contribution in [0.4, 0.5) is 0 Å². The summed E-state index contributed by atoms with van der Waals surface area (Å²) in [5.74, 6) is 7.41. The first kappa shape index (κ1) is 72.5. The summed E-state index contributed by atoms with van der Waals surface area (Å²) in [5, 5.41) is 8.99. The number of hydrogen-bond acceptors (Lipinski definition) is 22. The number of benzene rings is 12. The Labute approximate surface area is 723 Å². The quantitative estimate of drug-likeness (QED) is 0.0908. The first-order chi connectivity index (χ1) is 63.2. The Kier molecular flexibility index (Phi) is 16.9. The van der Waals surface area contributed by atoms with Crippen LogP contribution in [0.25, 0.3) is 177 Å². The number of hydrogen-bond donors (Lipinski definition) is 2. The normalized spacial score (nSPS) is 11.8. The van der Waals surface area contributed by atoms with E-state index in [1.807, 2.05) is 291 Å². The van der Waals surface area contributed by atoms with Gasteiger partial charge in [-0.3, -0.25) is 39.9 Å². The average molecular weight is 1660 g/mol. The fourth-order valence-electron chi connectivity index (χ4n) is 16.4. The van der Waals surface area contributed by atoms with E-state index in [4.69, 9.17) is 67.8 Å². The number of aromatic amines is 2. The van der Waals surface area contributed by atoms with Crippen molar-refractivity contribution in [3.63, 3.8) is 0 Å². The van der Waals surface area contributed by atoms with Crippen molar-refractivity contribution in [3.05, 3.63) is 341 Å². The Hall–Kier alpha value is -18.3. The van der Waals surface area contributed by atoms with Crippen LogP contribution in [0.2, 0.25) is 0 Å². The molecule has 0 saturated heterocycles. The van der Waals surface area contributed by atoms with Gasteiger partial charge in [0.2, 0.25) is 0 Å². The molecule has 0 aliphatic carbocycles. The van der Waals surface area contributed by atoms with Gasteiger partial charge in [0, 0.05) is 136 Å². The number of H-pyrrole nitrogens is 2. The van der Waals surface area contributed by atoms with Crippen molar-refractivity contribution in [1.82, 2.24) is 79.7 Å². The molecular weight excluding hydrogens is 1600 g/mol. The van der Waals surface area contributed by atoms with Gasteiger partial charge in [-0.25, -0.2) is 29.9 Å². The van der Waals surface area contributed by atoms with Crippen LogP contribution in [-0.4, -0.2) is 79.7 Å². The van der Waals surface area contributed by atoms with Gasteiger partial charge in [0.25, 0.3) is 0 Å². The molecule has 25 rings (SSSR count). The highest BCUT2D eigenvalue weighted by Crippen LogP contribution is 2.51. The highest BCUT2D eigenvalue weighted by atomic mass is 16.5. The van der Waals surface area contributed by atoms with E-state index in [0.717, 1.165) is 87.2 Å². The van der Waals surface area contributed by atoms with Crippen LogP contribution >= 0.6 is 0 Å². The maximum absolute atomic E-state index is 7.11. The zero-order valence-electron chi connectivity index (χ0n) is 66.9. The Balaban J connectivity index is 0.781. The van der Waals surface area contributed by atoms with Crippen LogP contribution in [-0.2, 0) is 0 Å². The fraction of sp³-hybridized carbons (Fsp3) is 0. The molecule has 0 unspecified atom stereocenters. The fourth-order valence-corrected chi connectivity index (χ4v) is 16.4. The monoisotopic (exact) mass is 1660 g/mol. The average Bonchev–Trinajstić information content (AvgIpc) is 1.58. The number of fused-ring (bicyclic) bond motifs is 28. The lowest BCUT2D eigenvalue weighted by Gasteiger charge is -2.15. The summed E-state index contributed by atoms with van der Waals surface area (Å²) in [6.45, 7) is 0. The largest absolute Gasteiger partial charge is 0.453 e. The molecule has 2 N–H and O–H groups in total. The molecule has 0 atom stereocenters. The van der Waals surface area contributed by atoms with Gasteiger partial charge in [-0.2, -0.15) is 0 Å². The smallest absolute Gasteiger partial charge is 0.170 e. The van der Waals surface area contributed by atoms with Crippen LogP contribution < -0.4 is 37.9 Å². The summed E-state index contributed by atoms with van der Waals surface area (Å²) >= 11 is 0. The van der Waals surface area contributed by atoms with Crippen LogP contribution in [0.1, 0.15) is 0 Å². The lowest BCUT2D eigenvalue weighted by Crippen LogP contribution is -1.94. The van der Waals surface area contributed by atoms with Gasteiger partial charge in [-0.15, -0.1) is 0 Å². The summed E-state index contributed by atoms with van der Waals surface area (Å²) in [6, 6.07) is 91.8. The Morgan fingerprint density at radius 1 is 0.164 bits per heavy atom. The minimum Gasteiger partial charge on any atom is -0.453 e. The molecule has 0 spiro atoms. The minimum atomic E-state index is 0.212. The van der Waals surface area contributed by atoms with Crippen LogP contribution in [0.15, 0.2) is 341 Å². The van der Waals surface area contributed by atoms with Gasteiger partial charge in [0.1, 0.15) is 68.6 Å². The zero-order chi connectivity index (χ0) is 84.3. The number of ether oxygens (including phenoxy) is 8. The van der Waals surface area contributed by atoms with E-state index in [0.29, 0.717) is 158 Å². The number of nitrogens with zero attached hydrogens (tertiary/aromatic N) is 14. The summed E-state index contributed by atoms with van der Waals surface area (Å²) < 4.78 is 56.9. The van der Waals surface area contributed by atoms with Crippen molar-refractivity contribution >= 4 is 131 Å². The van der Waals surface area contributed by atoms with Gasteiger partial charge in [-0.05, 0) is 243 Å². The second kappa shape index (κ2) is 29.8. The van der Waals surface area contributed by atoms with E-state index < -0.39 is 0 Å². The van der Waals surface area contributed by atoms with Crippen LogP contribution in [0.5, 0.6) is 92.0 Å². The van der Waals surface area contributed by atoms with Crippen molar-refractivity contribution in [3.8, 4) is 138 Å². The third-order valence-corrected chi connectivity index (χ3v) is 22.5. The zero-order valence-corrected chi connectivity index (χ0v) is 66.9. The molecule has 12 aromatic carbocycles. The topological polar surface area (TPSA) is 286 Å². The molecular formula is C104H58N16O8. The molecule has 0 amide bonds. The third-order valence-electron chi connectivity index (χ3n) is 22.5. The molecule has 2 aliphatic rings. The summed E-state index contributed by atoms with van der Waals surface area (Å²) in [6.07, 6.45) is 14.1. The van der Waals surface area contributed by atoms with Crippen molar-refractivity contribution in [2.75, 3.05) is 0 Å². The highest BCUT2D eigenvalue weighted by molar-refractivity contribution is 6.09. The van der Waals surface area contributed by atoms with E-state index in [9.17, 15) is 0 Å². The summed E-state index contributed by atoms with van der Waals surface area (Å²) in [7, 11) is 0. The number of rotatable bonds is 16. The van der Waals surface area contributed by atoms with Gasteiger partial charge < -0.3 is 47.9 Å². The van der Waals surface area contributed by atoms with Crippen molar-refractivity contribution in [1.29, 1.82) is 0 Å². The standard InChI is InChI=1S/C104H58N16O8/c1-9-57-41-65(17-25-81(57)105-33-1)121-89-49-73-74(50-90(89)122-66-18-26-82-58(42-66)10-2-34-106-82)98-113-97(73)117-99-75-51-91(123-67-19-27-83-59(43-67)11-3-35-107-83)92(124-68-20-28-84-60(44-68)12-4-36-108-84)52-76(75)101(114-99)119-103-79-55-95(127-71-23-31-87-63(47-71)15-7-39-111-87)96(128-72-24-32-88-64(48-72)16-8-40-112-88)56-80(79)104(116-103)120-102-78-54-94(126-70-22-30-86-62(46-70)14-6-38-110-86)93(53-77(78)100(115-102)118-98)125-69-21-29-85-61(45-69)13-5-37-109-85/h1-56H,(H2,113,114,115,116,117,118,119,120). The molecule has 23 aromatic rings. The van der Waals surface area contributed by atoms with E-state index in [1.165, 1.54) is 0 Å². The molecule has 11 aromatic heterocycles. The third kappa shape index (κ3) is 13.5. The lowest BCUT2D eigenvalue weighted by atomic mass is 10.1. The number of pyridine rings is 8. The Morgan fingerprint density at radius 3 is 0.500 bits per heavy atom. The molecule has 0 radical (unpaired) electrons. The summed E-state index contributed by atoms with van der Waals surface area (Å²) in [4.78, 5) is 78.3. The van der Waals surface area contributed by atoms with Crippen molar-refractivity contribution in [2.24, 2.45) is 0 Å². The molecule has 24 nitrogen and oxygen atoms in total. The van der Waals surface area contributed by atoms with Gasteiger partial charge in [-0.1, -0.05) is 48.5 Å². The van der Waals surface area contributed by atoms with E-state index >= 15 is 0 Å². The second-order valence-electron chi connectivity index (χ2n) is 30.7. The molecule has 2 aliphatic heterocycles. The minimum absolute atomic E-state index is 0.212. The molecule has 128 heavy (non-hydrogen) atoms. The van der Waals surface area contributed by atoms with Gasteiger partial charge >= 0.3 is 0 Å². The number of aromatic nitrogens is 16. The predicted molar refractivity (Wildman–Crippen MR) is 491 cm³/mol. The van der Waals surface area contributed by atoms with Gasteiger partial charge in [0.05, 0.1) is 44.1 Å². The first-order valence-electron chi connectivity index (χ1n) is 41.0. The Bertz CT molecular complexity index is 7820. The summed E-state index contributed by atoms with van der Waals surface area (Å²) in [5.41, 5.74) is 9.50. The molecule has 24 heteroatoms. The first-order valence-corrected chi connectivity index (χ1v) is 41.0. The molecule has 0 saturated carbocycles. The van der Waals surface area contributed by atoms with Gasteiger partial charge in [0.15, 0.2) is 69.3 Å². The van der Waals surface area contributed by atoms with Crippen LogP contribution in [0.3, 0.4) is 0 Å². The molecule has 602 valence electrons. The SMILES string of the molecule is c1cnc2ccc(Oc3cc4c(cc3Oc3ccc5ncccc5c3)-c3nc-4nc4[nH]c(nc5nc(nc6[nH]c(n3)c3cc(Oc7ccc8ncccc8c7)c(Oc7ccc8ncccc8c7)cc63)-c3cc(Oc6ccc7ncccc7c6)c(Oc6ccc7ncccc7c6)cc3-5)c3cc(Oc5ccc6ncccc6c5)c(Oc5ccc6ncccc6c5)cc43)cc2c1. The maximum Gasteiger partial charge on any atom is 0.170 e. The molecule has 0 fully saturated rings. The maximum atomic E-state index is 7.11. The van der Waals surface area contributed by atoms with Crippen molar-refractivity contribution in [2.45, 2.75) is 0 Å². The molecule has 8 bridgehead atoms. The second-order valence-corrected chi connectivity index (χ2v) is 30.7. The number of nitrogens with one attached hydrogen (secondary N) is 2. The van der Waals surface area contributed by atoms with Crippen LogP contribution in [0, 0.1) is 0 Å². The van der Waals surface area contributed by atoms with E-state index in [2.05, 4.69) is 49.8 Å². The predicted octanol–water partition coefficient (Wildman–Crippen LogP) is 25.6. The van der Waals surface area contributed by atoms with E-state index in [1.54, 1.807) is 49.6 Å². The molecule has 13 heterocycles.